The Balaban J connectivity index is 2.13. The van der Waals surface area contributed by atoms with Crippen LogP contribution in [0.3, 0.4) is 0 Å². The lowest BCUT2D eigenvalue weighted by molar-refractivity contribution is -0.386. The third-order valence-corrected chi connectivity index (χ3v) is 2.33. The first-order chi connectivity index (χ1) is 9.47. The lowest BCUT2D eigenvalue weighted by Crippen LogP contribution is -2.10. The van der Waals surface area contributed by atoms with Crippen LogP contribution in [-0.4, -0.2) is 29.2 Å². The van der Waals surface area contributed by atoms with Gasteiger partial charge < -0.3 is 14.2 Å². The highest BCUT2D eigenvalue weighted by molar-refractivity contribution is 5.46. The predicted molar refractivity (Wildman–Crippen MR) is 66.0 cm³/mol. The Morgan fingerprint density at radius 2 is 2.25 bits per heavy atom. The fourth-order valence-corrected chi connectivity index (χ4v) is 1.38. The molecule has 0 aliphatic carbocycles. The molecule has 0 fully saturated rings. The molecule has 2 rings (SSSR count). The second kappa shape index (κ2) is 5.51. The molecule has 9 heteroatoms. The summed E-state index contributed by atoms with van der Waals surface area (Å²) < 4.78 is 23.1. The molecule has 0 radical (unpaired) electrons. The number of ether oxygens (including phenoxy) is 1. The molecular formula is C11H11FN4O4. The molecule has 0 aliphatic heterocycles. The normalized spacial score (nSPS) is 10.3. The van der Waals surface area contributed by atoms with E-state index in [-0.39, 0.29) is 23.9 Å². The quantitative estimate of drug-likeness (QED) is 0.609. The van der Waals surface area contributed by atoms with Crippen LogP contribution < -0.4 is 9.64 Å². The van der Waals surface area contributed by atoms with Crippen LogP contribution in [0.25, 0.3) is 0 Å². The predicted octanol–water partition coefficient (Wildman–Crippen LogP) is 1.76. The smallest absolute Gasteiger partial charge is 0.311 e. The summed E-state index contributed by atoms with van der Waals surface area (Å²) in [6.45, 7) is -0.189. The molecule has 0 saturated heterocycles. The van der Waals surface area contributed by atoms with Gasteiger partial charge in [0, 0.05) is 26.2 Å². The molecule has 1 aromatic carbocycles. The molecule has 0 unspecified atom stereocenters. The van der Waals surface area contributed by atoms with E-state index in [1.807, 2.05) is 0 Å². The van der Waals surface area contributed by atoms with Crippen molar-refractivity contribution in [1.82, 2.24) is 10.1 Å². The number of nitrogens with zero attached hydrogens (tertiary/aromatic N) is 4. The van der Waals surface area contributed by atoms with Gasteiger partial charge in [-0.2, -0.15) is 4.98 Å². The van der Waals surface area contributed by atoms with Crippen LogP contribution in [0, 0.1) is 15.9 Å². The molecule has 0 atom stereocenters. The fourth-order valence-electron chi connectivity index (χ4n) is 1.38. The topological polar surface area (TPSA) is 94.5 Å². The van der Waals surface area contributed by atoms with Gasteiger partial charge in [0.1, 0.15) is 5.82 Å². The summed E-state index contributed by atoms with van der Waals surface area (Å²) in [5, 5.41) is 14.4. The van der Waals surface area contributed by atoms with E-state index in [4.69, 9.17) is 9.26 Å². The van der Waals surface area contributed by atoms with Crippen LogP contribution in [0.5, 0.6) is 5.75 Å². The largest absolute Gasteiger partial charge is 0.477 e. The minimum Gasteiger partial charge on any atom is -0.477 e. The van der Waals surface area contributed by atoms with E-state index in [9.17, 15) is 14.5 Å². The first kappa shape index (κ1) is 13.7. The highest BCUT2D eigenvalue weighted by Crippen LogP contribution is 2.28. The number of hydrogen-bond acceptors (Lipinski definition) is 7. The Bertz CT molecular complexity index is 629. The van der Waals surface area contributed by atoms with E-state index in [0.717, 1.165) is 18.2 Å². The zero-order valence-corrected chi connectivity index (χ0v) is 10.7. The molecule has 1 aromatic heterocycles. The molecule has 8 nitrogen and oxygen atoms in total. The van der Waals surface area contributed by atoms with Crippen LogP contribution in [-0.2, 0) is 6.61 Å². The molecule has 106 valence electrons. The lowest BCUT2D eigenvalue weighted by Gasteiger charge is -2.04. The Morgan fingerprint density at radius 3 is 2.85 bits per heavy atom. The number of anilines is 1. The number of nitro benzene ring substituents is 1. The summed E-state index contributed by atoms with van der Waals surface area (Å²) in [6.07, 6.45) is 0. The van der Waals surface area contributed by atoms with Gasteiger partial charge in [0.15, 0.2) is 6.61 Å². The number of rotatable bonds is 5. The van der Waals surface area contributed by atoms with Crippen molar-refractivity contribution in [2.45, 2.75) is 6.61 Å². The summed E-state index contributed by atoms with van der Waals surface area (Å²) in [6, 6.07) is 2.95. The molecule has 1 heterocycles. The zero-order valence-electron chi connectivity index (χ0n) is 10.7. The van der Waals surface area contributed by atoms with E-state index in [2.05, 4.69) is 10.1 Å². The van der Waals surface area contributed by atoms with Crippen molar-refractivity contribution in [3.63, 3.8) is 0 Å². The van der Waals surface area contributed by atoms with Gasteiger partial charge in [0.05, 0.1) is 4.92 Å². The maximum absolute atomic E-state index is 13.1. The number of aromatic nitrogens is 2. The van der Waals surface area contributed by atoms with Crippen molar-refractivity contribution >= 4 is 11.6 Å². The van der Waals surface area contributed by atoms with Crippen LogP contribution >= 0.6 is 0 Å². The van der Waals surface area contributed by atoms with Crippen LogP contribution in [0.1, 0.15) is 5.89 Å². The zero-order chi connectivity index (χ0) is 14.7. The Hall–Kier alpha value is -2.71. The van der Waals surface area contributed by atoms with Crippen LogP contribution in [0.15, 0.2) is 22.7 Å². The number of halogens is 1. The molecule has 2 aromatic rings. The molecule has 0 saturated carbocycles. The molecule has 0 bridgehead atoms. The second-order valence-electron chi connectivity index (χ2n) is 4.04. The van der Waals surface area contributed by atoms with Gasteiger partial charge in [-0.15, -0.1) is 0 Å². The third-order valence-electron chi connectivity index (χ3n) is 2.33. The minimum absolute atomic E-state index is 0.132. The Kier molecular flexibility index (Phi) is 3.78. The summed E-state index contributed by atoms with van der Waals surface area (Å²) in [5.41, 5.74) is -0.334. The van der Waals surface area contributed by atoms with Crippen molar-refractivity contribution in [3.8, 4) is 5.75 Å². The van der Waals surface area contributed by atoms with Gasteiger partial charge in [-0.3, -0.25) is 10.1 Å². The van der Waals surface area contributed by atoms with Gasteiger partial charge in [-0.25, -0.2) is 4.39 Å². The summed E-state index contributed by atoms with van der Waals surface area (Å²) >= 11 is 0. The van der Waals surface area contributed by atoms with Crippen molar-refractivity contribution < 1.29 is 18.6 Å². The maximum atomic E-state index is 13.1. The number of benzene rings is 1. The van der Waals surface area contributed by atoms with Gasteiger partial charge in [-0.05, 0) is 11.2 Å². The fraction of sp³-hybridized carbons (Fsp3) is 0.273. The van der Waals surface area contributed by atoms with E-state index in [1.54, 1.807) is 19.0 Å². The highest BCUT2D eigenvalue weighted by Gasteiger charge is 2.17. The first-order valence-electron chi connectivity index (χ1n) is 5.54. The van der Waals surface area contributed by atoms with E-state index in [0.29, 0.717) is 5.95 Å². The summed E-state index contributed by atoms with van der Waals surface area (Å²) in [4.78, 5) is 15.7. The molecule has 0 spiro atoms. The van der Waals surface area contributed by atoms with Gasteiger partial charge >= 0.3 is 5.69 Å². The van der Waals surface area contributed by atoms with E-state index < -0.39 is 10.7 Å². The average Bonchev–Trinajstić information content (AvgIpc) is 2.85. The van der Waals surface area contributed by atoms with Crippen molar-refractivity contribution in [3.05, 3.63) is 40.0 Å². The first-order valence-corrected chi connectivity index (χ1v) is 5.54. The number of hydrogen-bond donors (Lipinski definition) is 0. The van der Waals surface area contributed by atoms with Gasteiger partial charge in [-0.1, -0.05) is 0 Å². The monoisotopic (exact) mass is 282 g/mol. The molecule has 0 N–H and O–H groups in total. The molecular weight excluding hydrogens is 271 g/mol. The molecule has 0 amide bonds. The van der Waals surface area contributed by atoms with E-state index >= 15 is 0 Å². The van der Waals surface area contributed by atoms with Crippen molar-refractivity contribution in [2.75, 3.05) is 19.0 Å². The number of nitro groups is 1. The third kappa shape index (κ3) is 2.99. The SMILES string of the molecule is CN(C)c1noc(COc2cc(F)ccc2[N+](=O)[O-])n1. The minimum atomic E-state index is -0.659. The second-order valence-corrected chi connectivity index (χ2v) is 4.04. The molecule has 0 aliphatic rings. The Morgan fingerprint density at radius 1 is 1.50 bits per heavy atom. The highest BCUT2D eigenvalue weighted by atomic mass is 19.1. The molecule has 20 heavy (non-hydrogen) atoms. The van der Waals surface area contributed by atoms with Crippen LogP contribution in [0.2, 0.25) is 0 Å². The van der Waals surface area contributed by atoms with Gasteiger partial charge in [0.2, 0.25) is 5.75 Å². The lowest BCUT2D eigenvalue weighted by atomic mass is 10.3. The van der Waals surface area contributed by atoms with Crippen molar-refractivity contribution in [1.29, 1.82) is 0 Å². The summed E-state index contributed by atoms with van der Waals surface area (Å²) in [5.74, 6) is -0.352. The Labute approximate surface area is 112 Å². The maximum Gasteiger partial charge on any atom is 0.311 e. The van der Waals surface area contributed by atoms with Gasteiger partial charge in [0.25, 0.3) is 11.8 Å². The standard InChI is InChI=1S/C11H11FN4O4/c1-15(2)11-13-10(20-14-11)6-19-9-5-7(12)3-4-8(9)16(17)18/h3-5H,6H2,1-2H3. The average molecular weight is 282 g/mol. The van der Waals surface area contributed by atoms with Crippen LogP contribution in [0.4, 0.5) is 16.0 Å². The summed E-state index contributed by atoms with van der Waals surface area (Å²) in [7, 11) is 3.46. The van der Waals surface area contributed by atoms with Crippen molar-refractivity contribution in [2.24, 2.45) is 0 Å². The van der Waals surface area contributed by atoms with E-state index in [1.165, 1.54) is 0 Å².